The number of aliphatic imine (C=N–C) groups is 1. The van der Waals surface area contributed by atoms with E-state index in [0.717, 1.165) is 19.5 Å². The molecular formula is C9H16ClN5. The lowest BCUT2D eigenvalue weighted by Gasteiger charge is -2.21. The van der Waals surface area contributed by atoms with Crippen molar-refractivity contribution in [2.75, 3.05) is 6.54 Å². The van der Waals surface area contributed by atoms with Crippen molar-refractivity contribution < 1.29 is 0 Å². The van der Waals surface area contributed by atoms with Gasteiger partial charge in [0.1, 0.15) is 0 Å². The summed E-state index contributed by atoms with van der Waals surface area (Å²) >= 11 is 0. The van der Waals surface area contributed by atoms with Gasteiger partial charge in [0.15, 0.2) is 5.96 Å². The molecule has 1 aromatic heterocycles. The van der Waals surface area contributed by atoms with E-state index in [1.54, 1.807) is 0 Å². The second-order valence-electron chi connectivity index (χ2n) is 3.38. The Labute approximate surface area is 95.2 Å². The van der Waals surface area contributed by atoms with Gasteiger partial charge in [0.2, 0.25) is 0 Å². The molecule has 1 aliphatic rings. The van der Waals surface area contributed by atoms with Gasteiger partial charge in [-0.05, 0) is 13.3 Å². The van der Waals surface area contributed by atoms with E-state index in [2.05, 4.69) is 28.5 Å². The summed E-state index contributed by atoms with van der Waals surface area (Å²) in [6.07, 6.45) is 4.92. The average Bonchev–Trinajstić information content (AvgIpc) is 2.66. The van der Waals surface area contributed by atoms with Gasteiger partial charge in [-0.25, -0.2) is 0 Å². The van der Waals surface area contributed by atoms with Crippen molar-refractivity contribution in [2.45, 2.75) is 25.9 Å². The standard InChI is InChI=1S/C9H15N5.ClH/c1-2-14-6-7(5-12-14)8-3-4-11-9(10)13-8;/h5-6,8H,2-4H2,1H3,(H3,10,11,13);1H. The highest BCUT2D eigenvalue weighted by Gasteiger charge is 2.16. The van der Waals surface area contributed by atoms with E-state index in [9.17, 15) is 0 Å². The molecule has 2 heterocycles. The highest BCUT2D eigenvalue weighted by molar-refractivity contribution is 5.85. The Balaban J connectivity index is 0.00000112. The van der Waals surface area contributed by atoms with Crippen molar-refractivity contribution in [3.63, 3.8) is 0 Å². The first-order valence-electron chi connectivity index (χ1n) is 4.88. The fraction of sp³-hybridized carbons (Fsp3) is 0.556. The smallest absolute Gasteiger partial charge is 0.189 e. The minimum Gasteiger partial charge on any atom is -0.370 e. The van der Waals surface area contributed by atoms with E-state index >= 15 is 0 Å². The van der Waals surface area contributed by atoms with Crippen LogP contribution in [0.25, 0.3) is 0 Å². The number of rotatable bonds is 2. The van der Waals surface area contributed by atoms with Crippen molar-refractivity contribution >= 4 is 18.4 Å². The second kappa shape index (κ2) is 5.02. The van der Waals surface area contributed by atoms with Crippen LogP contribution >= 0.6 is 12.4 Å². The zero-order valence-corrected chi connectivity index (χ0v) is 9.50. The lowest BCUT2D eigenvalue weighted by molar-refractivity contribution is 0.567. The molecule has 84 valence electrons. The van der Waals surface area contributed by atoms with Gasteiger partial charge in [-0.1, -0.05) is 0 Å². The first-order chi connectivity index (χ1) is 6.79. The molecule has 0 aliphatic carbocycles. The Morgan fingerprint density at radius 3 is 3.07 bits per heavy atom. The van der Waals surface area contributed by atoms with E-state index < -0.39 is 0 Å². The highest BCUT2D eigenvalue weighted by atomic mass is 35.5. The Hall–Kier alpha value is -1.23. The molecule has 0 spiro atoms. The van der Waals surface area contributed by atoms with Gasteiger partial charge in [0.05, 0.1) is 12.2 Å². The molecule has 6 heteroatoms. The van der Waals surface area contributed by atoms with Crippen molar-refractivity contribution in [1.29, 1.82) is 0 Å². The van der Waals surface area contributed by atoms with Gasteiger partial charge < -0.3 is 11.1 Å². The molecule has 1 unspecified atom stereocenters. The molecule has 0 saturated carbocycles. The highest BCUT2D eigenvalue weighted by Crippen LogP contribution is 2.17. The zero-order chi connectivity index (χ0) is 9.97. The maximum absolute atomic E-state index is 5.61. The summed E-state index contributed by atoms with van der Waals surface area (Å²) in [5.41, 5.74) is 6.80. The number of nitrogens with zero attached hydrogens (tertiary/aromatic N) is 3. The summed E-state index contributed by atoms with van der Waals surface area (Å²) in [5.74, 6) is 0.533. The number of nitrogens with two attached hydrogens (primary N) is 1. The minimum absolute atomic E-state index is 0. The molecule has 0 saturated heterocycles. The Morgan fingerprint density at radius 1 is 1.67 bits per heavy atom. The lowest BCUT2D eigenvalue weighted by Crippen LogP contribution is -2.38. The van der Waals surface area contributed by atoms with Crippen LogP contribution in [0.1, 0.15) is 24.9 Å². The molecule has 0 radical (unpaired) electrons. The van der Waals surface area contributed by atoms with Crippen LogP contribution in [-0.4, -0.2) is 22.3 Å². The number of hydrogen-bond donors (Lipinski definition) is 2. The Kier molecular flexibility index (Phi) is 3.96. The van der Waals surface area contributed by atoms with Gasteiger partial charge >= 0.3 is 0 Å². The summed E-state index contributed by atoms with van der Waals surface area (Å²) in [6.45, 7) is 3.76. The molecule has 1 atom stereocenters. The van der Waals surface area contributed by atoms with Crippen LogP contribution in [0.2, 0.25) is 0 Å². The first-order valence-corrected chi connectivity index (χ1v) is 4.88. The van der Waals surface area contributed by atoms with E-state index in [-0.39, 0.29) is 18.4 Å². The molecule has 0 amide bonds. The maximum atomic E-state index is 5.61. The van der Waals surface area contributed by atoms with Crippen LogP contribution in [0.15, 0.2) is 17.4 Å². The van der Waals surface area contributed by atoms with Gasteiger partial charge in [-0.2, -0.15) is 5.10 Å². The van der Waals surface area contributed by atoms with Crippen molar-refractivity contribution in [3.05, 3.63) is 18.0 Å². The summed E-state index contributed by atoms with van der Waals surface area (Å²) < 4.78 is 1.92. The fourth-order valence-electron chi connectivity index (χ4n) is 1.59. The molecule has 1 aliphatic heterocycles. The monoisotopic (exact) mass is 229 g/mol. The zero-order valence-electron chi connectivity index (χ0n) is 8.68. The van der Waals surface area contributed by atoms with Crippen LogP contribution in [0.3, 0.4) is 0 Å². The van der Waals surface area contributed by atoms with Gasteiger partial charge in [0, 0.05) is 24.8 Å². The van der Waals surface area contributed by atoms with Crippen molar-refractivity contribution in [2.24, 2.45) is 10.7 Å². The number of nitrogens with one attached hydrogen (secondary N) is 1. The molecule has 15 heavy (non-hydrogen) atoms. The second-order valence-corrected chi connectivity index (χ2v) is 3.38. The Bertz CT molecular complexity index is 346. The normalized spacial score (nSPS) is 20.1. The Morgan fingerprint density at radius 2 is 2.47 bits per heavy atom. The molecule has 3 N–H and O–H groups in total. The number of aryl methyl sites for hydroxylation is 1. The topological polar surface area (TPSA) is 68.2 Å². The number of hydrogen-bond acceptors (Lipinski definition) is 4. The van der Waals surface area contributed by atoms with E-state index in [1.807, 2.05) is 10.9 Å². The number of guanidine groups is 1. The third-order valence-corrected chi connectivity index (χ3v) is 2.40. The van der Waals surface area contributed by atoms with Crippen LogP contribution in [-0.2, 0) is 6.54 Å². The summed E-state index contributed by atoms with van der Waals surface area (Å²) in [7, 11) is 0. The lowest BCUT2D eigenvalue weighted by atomic mass is 10.1. The summed E-state index contributed by atoms with van der Waals surface area (Å²) in [4.78, 5) is 4.09. The number of halogens is 1. The minimum atomic E-state index is 0. The number of aromatic nitrogens is 2. The first kappa shape index (κ1) is 11.8. The molecule has 0 aromatic carbocycles. The predicted molar refractivity (Wildman–Crippen MR) is 62.1 cm³/mol. The van der Waals surface area contributed by atoms with Crippen molar-refractivity contribution in [1.82, 2.24) is 15.1 Å². The van der Waals surface area contributed by atoms with Gasteiger partial charge in [-0.15, -0.1) is 12.4 Å². The third kappa shape index (κ3) is 2.62. The molecule has 5 nitrogen and oxygen atoms in total. The van der Waals surface area contributed by atoms with E-state index in [1.165, 1.54) is 5.56 Å². The van der Waals surface area contributed by atoms with Crippen LogP contribution < -0.4 is 11.1 Å². The third-order valence-electron chi connectivity index (χ3n) is 2.40. The maximum Gasteiger partial charge on any atom is 0.189 e. The SMILES string of the molecule is CCn1cc(C2CCN=C(N)N2)cn1.Cl. The van der Waals surface area contributed by atoms with E-state index in [4.69, 9.17) is 5.73 Å². The molecule has 2 rings (SSSR count). The quantitative estimate of drug-likeness (QED) is 0.784. The summed E-state index contributed by atoms with van der Waals surface area (Å²) in [6, 6.07) is 0.271. The molecule has 0 bridgehead atoms. The molecule has 1 aromatic rings. The predicted octanol–water partition coefficient (Wildman–Crippen LogP) is 0.674. The molecule has 0 fully saturated rings. The van der Waals surface area contributed by atoms with Gasteiger partial charge in [-0.3, -0.25) is 9.67 Å². The van der Waals surface area contributed by atoms with Crippen LogP contribution in [0, 0.1) is 0 Å². The average molecular weight is 230 g/mol. The largest absolute Gasteiger partial charge is 0.370 e. The van der Waals surface area contributed by atoms with Crippen LogP contribution in [0.5, 0.6) is 0 Å². The van der Waals surface area contributed by atoms with Crippen molar-refractivity contribution in [3.8, 4) is 0 Å². The van der Waals surface area contributed by atoms with E-state index in [0.29, 0.717) is 5.96 Å². The fourth-order valence-corrected chi connectivity index (χ4v) is 1.59. The summed E-state index contributed by atoms with van der Waals surface area (Å²) in [5, 5.41) is 7.38. The molecular weight excluding hydrogens is 214 g/mol. The van der Waals surface area contributed by atoms with Gasteiger partial charge in [0.25, 0.3) is 0 Å². The van der Waals surface area contributed by atoms with Crippen LogP contribution in [0.4, 0.5) is 0 Å².